The fourth-order valence-corrected chi connectivity index (χ4v) is 1.46. The summed E-state index contributed by atoms with van der Waals surface area (Å²) < 4.78 is 15.3. The van der Waals surface area contributed by atoms with Gasteiger partial charge in [-0.15, -0.1) is 0 Å². The minimum absolute atomic E-state index is 0.297. The smallest absolute Gasteiger partial charge is 0.293 e. The summed E-state index contributed by atoms with van der Waals surface area (Å²) >= 11 is 0. The topological polar surface area (TPSA) is 61.6 Å². The molecule has 0 amide bonds. The number of fused-ring (bicyclic) bond motifs is 1. The zero-order valence-electron chi connectivity index (χ0n) is 8.80. The quantitative estimate of drug-likeness (QED) is 0.566. The zero-order valence-corrected chi connectivity index (χ0v) is 8.80. The van der Waals surface area contributed by atoms with Crippen molar-refractivity contribution in [3.05, 3.63) is 24.1 Å². The molecule has 0 aliphatic carbocycles. The Bertz CT molecular complexity index is 492. The molecule has 0 aliphatic heterocycles. The molecule has 0 saturated heterocycles. The van der Waals surface area contributed by atoms with Crippen molar-refractivity contribution < 1.29 is 18.7 Å². The van der Waals surface area contributed by atoms with Gasteiger partial charge in [-0.2, -0.15) is 0 Å². The summed E-state index contributed by atoms with van der Waals surface area (Å²) in [5.74, 6) is 1.36. The Hall–Kier alpha value is -2.04. The van der Waals surface area contributed by atoms with Gasteiger partial charge in [-0.05, 0) is 0 Å². The first-order valence-corrected chi connectivity index (χ1v) is 4.82. The molecule has 0 atom stereocenters. The molecule has 2 rings (SSSR count). The van der Waals surface area contributed by atoms with Crippen LogP contribution in [0.3, 0.4) is 0 Å². The molecule has 0 radical (unpaired) electrons. The summed E-state index contributed by atoms with van der Waals surface area (Å²) in [6.45, 7) is 0.715. The largest absolute Gasteiger partial charge is 0.493 e. The van der Waals surface area contributed by atoms with E-state index in [0.29, 0.717) is 36.6 Å². The molecule has 84 valence electrons. The standard InChI is InChI=1S/C11H11NO4/c1-14-10-2-4-12-9-6-8(16-11(9)10)3-5-15-7-13/h2,4,6-7H,3,5H2,1H3. The molecule has 2 aromatic heterocycles. The van der Waals surface area contributed by atoms with Gasteiger partial charge in [0.2, 0.25) is 0 Å². The Kier molecular flexibility index (Phi) is 3.05. The van der Waals surface area contributed by atoms with E-state index in [1.54, 1.807) is 19.4 Å². The van der Waals surface area contributed by atoms with Crippen LogP contribution in [0.4, 0.5) is 0 Å². The average molecular weight is 221 g/mol. The van der Waals surface area contributed by atoms with Crippen LogP contribution in [0.15, 0.2) is 22.7 Å². The van der Waals surface area contributed by atoms with Crippen LogP contribution in [-0.4, -0.2) is 25.2 Å². The number of hydrogen-bond donors (Lipinski definition) is 0. The first-order chi connectivity index (χ1) is 7.85. The van der Waals surface area contributed by atoms with Crippen LogP contribution in [0.5, 0.6) is 5.75 Å². The van der Waals surface area contributed by atoms with Gasteiger partial charge >= 0.3 is 0 Å². The molecule has 0 bridgehead atoms. The van der Waals surface area contributed by atoms with E-state index >= 15 is 0 Å². The molecule has 5 heteroatoms. The van der Waals surface area contributed by atoms with Crippen LogP contribution in [0.1, 0.15) is 5.76 Å². The molecule has 0 unspecified atom stereocenters. The summed E-state index contributed by atoms with van der Waals surface area (Å²) in [7, 11) is 1.58. The fourth-order valence-electron chi connectivity index (χ4n) is 1.46. The number of hydrogen-bond acceptors (Lipinski definition) is 5. The maximum absolute atomic E-state index is 9.98. The second kappa shape index (κ2) is 4.65. The number of nitrogens with zero attached hydrogens (tertiary/aromatic N) is 1. The van der Waals surface area contributed by atoms with Gasteiger partial charge in [-0.3, -0.25) is 9.78 Å². The van der Waals surface area contributed by atoms with Crippen LogP contribution in [-0.2, 0) is 16.0 Å². The van der Waals surface area contributed by atoms with Gasteiger partial charge < -0.3 is 13.9 Å². The van der Waals surface area contributed by atoms with E-state index in [9.17, 15) is 4.79 Å². The van der Waals surface area contributed by atoms with Crippen LogP contribution in [0, 0.1) is 0 Å². The van der Waals surface area contributed by atoms with Gasteiger partial charge in [0.25, 0.3) is 6.47 Å². The van der Waals surface area contributed by atoms with Crippen LogP contribution >= 0.6 is 0 Å². The predicted molar refractivity (Wildman–Crippen MR) is 56.3 cm³/mol. The predicted octanol–water partition coefficient (Wildman–Crippen LogP) is 1.55. The Balaban J connectivity index is 2.25. The van der Waals surface area contributed by atoms with Crippen molar-refractivity contribution in [3.63, 3.8) is 0 Å². The number of pyridine rings is 1. The number of carbonyl (C=O) groups is 1. The summed E-state index contributed by atoms with van der Waals surface area (Å²) in [5, 5.41) is 0. The van der Waals surface area contributed by atoms with Gasteiger partial charge in [-0.1, -0.05) is 0 Å². The molecule has 16 heavy (non-hydrogen) atoms. The number of ether oxygens (including phenoxy) is 2. The van der Waals surface area contributed by atoms with Crippen LogP contribution < -0.4 is 4.74 Å². The van der Waals surface area contributed by atoms with Crippen molar-refractivity contribution in [2.75, 3.05) is 13.7 Å². The molecule has 0 N–H and O–H groups in total. The molecular formula is C11H11NO4. The van der Waals surface area contributed by atoms with E-state index in [0.717, 1.165) is 5.52 Å². The van der Waals surface area contributed by atoms with E-state index in [4.69, 9.17) is 9.15 Å². The summed E-state index contributed by atoms with van der Waals surface area (Å²) in [6, 6.07) is 3.55. The van der Waals surface area contributed by atoms with Crippen molar-refractivity contribution >= 4 is 17.6 Å². The molecule has 5 nitrogen and oxygen atoms in total. The van der Waals surface area contributed by atoms with Crippen molar-refractivity contribution in [1.82, 2.24) is 4.98 Å². The lowest BCUT2D eigenvalue weighted by Gasteiger charge is -1.98. The van der Waals surface area contributed by atoms with Crippen LogP contribution in [0.2, 0.25) is 0 Å². The van der Waals surface area contributed by atoms with E-state index in [-0.39, 0.29) is 0 Å². The van der Waals surface area contributed by atoms with Gasteiger partial charge in [0.05, 0.1) is 13.7 Å². The van der Waals surface area contributed by atoms with Gasteiger partial charge in [0.15, 0.2) is 11.3 Å². The number of methoxy groups -OCH3 is 1. The average Bonchev–Trinajstić information content (AvgIpc) is 2.71. The molecule has 0 fully saturated rings. The third-order valence-electron chi connectivity index (χ3n) is 2.18. The Labute approximate surface area is 92.0 Å². The highest BCUT2D eigenvalue weighted by molar-refractivity contribution is 5.79. The molecule has 0 aromatic carbocycles. The normalized spacial score (nSPS) is 10.3. The third-order valence-corrected chi connectivity index (χ3v) is 2.18. The fraction of sp³-hybridized carbons (Fsp3) is 0.273. The maximum Gasteiger partial charge on any atom is 0.293 e. The van der Waals surface area contributed by atoms with Crippen molar-refractivity contribution in [2.45, 2.75) is 6.42 Å². The molecule has 2 aromatic rings. The summed E-state index contributed by atoms with van der Waals surface area (Å²) in [5.41, 5.74) is 1.35. The van der Waals surface area contributed by atoms with E-state index < -0.39 is 0 Å². The second-order valence-corrected chi connectivity index (χ2v) is 3.16. The first-order valence-electron chi connectivity index (χ1n) is 4.82. The number of rotatable bonds is 5. The Morgan fingerprint density at radius 2 is 2.44 bits per heavy atom. The maximum atomic E-state index is 9.98. The minimum Gasteiger partial charge on any atom is -0.493 e. The lowest BCUT2D eigenvalue weighted by molar-refractivity contribution is -0.128. The van der Waals surface area contributed by atoms with Crippen LogP contribution in [0.25, 0.3) is 11.1 Å². The Morgan fingerprint density at radius 1 is 1.56 bits per heavy atom. The molecule has 2 heterocycles. The highest BCUT2D eigenvalue weighted by atomic mass is 16.5. The third kappa shape index (κ3) is 1.98. The highest BCUT2D eigenvalue weighted by Crippen LogP contribution is 2.26. The molecule has 0 aliphatic rings. The first kappa shape index (κ1) is 10.5. The molecule has 0 saturated carbocycles. The van der Waals surface area contributed by atoms with Crippen molar-refractivity contribution in [3.8, 4) is 5.75 Å². The van der Waals surface area contributed by atoms with E-state index in [1.165, 1.54) is 0 Å². The number of aromatic nitrogens is 1. The van der Waals surface area contributed by atoms with Crippen molar-refractivity contribution in [1.29, 1.82) is 0 Å². The lowest BCUT2D eigenvalue weighted by Crippen LogP contribution is -1.94. The van der Waals surface area contributed by atoms with Gasteiger partial charge in [-0.25, -0.2) is 0 Å². The number of carbonyl (C=O) groups excluding carboxylic acids is 1. The van der Waals surface area contributed by atoms with E-state index in [1.807, 2.05) is 6.07 Å². The molecule has 0 spiro atoms. The van der Waals surface area contributed by atoms with E-state index in [2.05, 4.69) is 9.72 Å². The second-order valence-electron chi connectivity index (χ2n) is 3.16. The number of furan rings is 1. The minimum atomic E-state index is 0.297. The Morgan fingerprint density at radius 3 is 3.19 bits per heavy atom. The highest BCUT2D eigenvalue weighted by Gasteiger charge is 2.09. The summed E-state index contributed by atoms with van der Waals surface area (Å²) in [4.78, 5) is 14.1. The van der Waals surface area contributed by atoms with Gasteiger partial charge in [0, 0.05) is 24.8 Å². The molecular weight excluding hydrogens is 210 g/mol. The SMILES string of the molecule is COc1ccnc2cc(CCOC=O)oc12. The zero-order chi connectivity index (χ0) is 11.4. The monoisotopic (exact) mass is 221 g/mol. The summed E-state index contributed by atoms with van der Waals surface area (Å²) in [6.07, 6.45) is 2.18. The van der Waals surface area contributed by atoms with Gasteiger partial charge in [0.1, 0.15) is 11.3 Å². The lowest BCUT2D eigenvalue weighted by atomic mass is 10.3. The van der Waals surface area contributed by atoms with Crippen molar-refractivity contribution in [2.24, 2.45) is 0 Å².